The lowest BCUT2D eigenvalue weighted by Gasteiger charge is -2.07. The Morgan fingerprint density at radius 2 is 2.06 bits per heavy atom. The van der Waals surface area contributed by atoms with E-state index in [-0.39, 0.29) is 18.1 Å². The second-order valence-corrected chi connectivity index (χ2v) is 6.24. The van der Waals surface area contributed by atoms with Crippen molar-refractivity contribution in [2.45, 2.75) is 6.92 Å². The van der Waals surface area contributed by atoms with Crippen LogP contribution in [0.1, 0.15) is 5.56 Å². The molecule has 0 saturated heterocycles. The molecule has 17 heavy (non-hydrogen) atoms. The lowest BCUT2D eigenvalue weighted by molar-refractivity contribution is 0.217. The molecule has 5 heteroatoms. The number of benzene rings is 1. The number of nitrogens with one attached hydrogen (secondary N) is 1. The highest BCUT2D eigenvalue weighted by molar-refractivity contribution is 7.91. The van der Waals surface area contributed by atoms with E-state index in [0.29, 0.717) is 6.54 Å². The third kappa shape index (κ3) is 5.70. The molecule has 0 bridgehead atoms. The van der Waals surface area contributed by atoms with Crippen molar-refractivity contribution >= 4 is 15.5 Å². The average molecular weight is 257 g/mol. The molecule has 0 aromatic heterocycles. The smallest absolute Gasteiger partial charge is 0.154 e. The number of hydrogen-bond acceptors (Lipinski definition) is 4. The van der Waals surface area contributed by atoms with Crippen molar-refractivity contribution in [3.8, 4) is 0 Å². The Balaban J connectivity index is 2.37. The van der Waals surface area contributed by atoms with Crippen LogP contribution in [0.2, 0.25) is 0 Å². The molecule has 0 spiro atoms. The van der Waals surface area contributed by atoms with Gasteiger partial charge in [-0.3, -0.25) is 0 Å². The van der Waals surface area contributed by atoms with E-state index in [2.05, 4.69) is 5.32 Å². The summed E-state index contributed by atoms with van der Waals surface area (Å²) < 4.78 is 27.8. The molecule has 1 aromatic carbocycles. The number of aryl methyl sites for hydroxylation is 1. The quantitative estimate of drug-likeness (QED) is 0.803. The fourth-order valence-corrected chi connectivity index (χ4v) is 2.46. The predicted molar refractivity (Wildman–Crippen MR) is 70.2 cm³/mol. The van der Waals surface area contributed by atoms with Crippen LogP contribution in [0.3, 0.4) is 0 Å². The summed E-state index contributed by atoms with van der Waals surface area (Å²) in [5.41, 5.74) is 2.10. The molecule has 0 amide bonds. The molecule has 0 saturated carbocycles. The highest BCUT2D eigenvalue weighted by Crippen LogP contribution is 2.08. The largest absolute Gasteiger partial charge is 0.384 e. The van der Waals surface area contributed by atoms with Crippen molar-refractivity contribution in [3.63, 3.8) is 0 Å². The van der Waals surface area contributed by atoms with E-state index in [1.54, 1.807) is 0 Å². The average Bonchev–Trinajstić information content (AvgIpc) is 2.26. The van der Waals surface area contributed by atoms with Crippen LogP contribution < -0.4 is 5.32 Å². The molecule has 1 aromatic rings. The Labute approximate surface area is 103 Å². The molecule has 1 rings (SSSR count). The summed E-state index contributed by atoms with van der Waals surface area (Å²) in [6.45, 7) is 2.68. The molecule has 4 nitrogen and oxygen atoms in total. The number of rotatable bonds is 7. The van der Waals surface area contributed by atoms with E-state index in [9.17, 15) is 8.42 Å². The van der Waals surface area contributed by atoms with Gasteiger partial charge in [-0.15, -0.1) is 0 Å². The summed E-state index contributed by atoms with van der Waals surface area (Å²) >= 11 is 0. The minimum absolute atomic E-state index is 0.0823. The highest BCUT2D eigenvalue weighted by Gasteiger charge is 2.09. The first kappa shape index (κ1) is 14.0. The lowest BCUT2D eigenvalue weighted by atomic mass is 10.2. The summed E-state index contributed by atoms with van der Waals surface area (Å²) in [7, 11) is -1.51. The van der Waals surface area contributed by atoms with Gasteiger partial charge in [-0.25, -0.2) is 8.42 Å². The summed E-state index contributed by atoms with van der Waals surface area (Å²) in [5, 5.41) is 3.10. The first-order valence-corrected chi connectivity index (χ1v) is 7.35. The highest BCUT2D eigenvalue weighted by atomic mass is 32.2. The fraction of sp³-hybridized carbons (Fsp3) is 0.500. The van der Waals surface area contributed by atoms with E-state index < -0.39 is 9.84 Å². The van der Waals surface area contributed by atoms with Crippen molar-refractivity contribution in [1.29, 1.82) is 0 Å². The number of sulfone groups is 1. The third-order valence-corrected chi connectivity index (χ3v) is 3.97. The van der Waals surface area contributed by atoms with E-state index in [1.165, 1.54) is 7.11 Å². The topological polar surface area (TPSA) is 55.4 Å². The molecule has 0 aliphatic heterocycles. The lowest BCUT2D eigenvalue weighted by Crippen LogP contribution is -2.20. The molecule has 0 atom stereocenters. The maximum Gasteiger partial charge on any atom is 0.154 e. The van der Waals surface area contributed by atoms with E-state index in [1.807, 2.05) is 31.2 Å². The van der Waals surface area contributed by atoms with Crippen molar-refractivity contribution in [1.82, 2.24) is 0 Å². The maximum atomic E-state index is 11.5. The second kappa shape index (κ2) is 6.61. The SMILES string of the molecule is COCCS(=O)(=O)CCNc1cccc(C)c1. The van der Waals surface area contributed by atoms with Gasteiger partial charge in [0.15, 0.2) is 9.84 Å². The van der Waals surface area contributed by atoms with Crippen LogP contribution in [0.4, 0.5) is 5.69 Å². The van der Waals surface area contributed by atoms with Crippen LogP contribution in [0, 0.1) is 6.92 Å². The second-order valence-electron chi connectivity index (χ2n) is 3.94. The number of ether oxygens (including phenoxy) is 1. The van der Waals surface area contributed by atoms with Gasteiger partial charge >= 0.3 is 0 Å². The zero-order valence-corrected chi connectivity index (χ0v) is 11.1. The van der Waals surface area contributed by atoms with Gasteiger partial charge in [-0.2, -0.15) is 0 Å². The predicted octanol–water partition coefficient (Wildman–Crippen LogP) is 1.47. The van der Waals surface area contributed by atoms with Crippen LogP contribution in [0.5, 0.6) is 0 Å². The van der Waals surface area contributed by atoms with Gasteiger partial charge in [0.1, 0.15) is 0 Å². The zero-order valence-electron chi connectivity index (χ0n) is 10.3. The van der Waals surface area contributed by atoms with Crippen molar-refractivity contribution in [2.24, 2.45) is 0 Å². The minimum atomic E-state index is -3.01. The molecule has 0 radical (unpaired) electrons. The van der Waals surface area contributed by atoms with Crippen LogP contribution in [-0.2, 0) is 14.6 Å². The number of hydrogen-bond donors (Lipinski definition) is 1. The summed E-state index contributed by atoms with van der Waals surface area (Å²) in [6.07, 6.45) is 0. The standard InChI is InChI=1S/C12H19NO3S/c1-11-4-3-5-12(10-11)13-6-8-17(14,15)9-7-16-2/h3-5,10,13H,6-9H2,1-2H3. The zero-order chi connectivity index (χ0) is 12.7. The van der Waals surface area contributed by atoms with Crippen LogP contribution in [0.15, 0.2) is 24.3 Å². The van der Waals surface area contributed by atoms with E-state index in [0.717, 1.165) is 11.3 Å². The van der Waals surface area contributed by atoms with Gasteiger partial charge in [0.2, 0.25) is 0 Å². The first-order chi connectivity index (χ1) is 8.03. The molecule has 0 fully saturated rings. The fourth-order valence-electron chi connectivity index (χ4n) is 1.42. The number of anilines is 1. The molecular formula is C12H19NO3S. The van der Waals surface area contributed by atoms with Crippen molar-refractivity contribution in [2.75, 3.05) is 37.1 Å². The normalized spacial score (nSPS) is 11.4. The molecular weight excluding hydrogens is 238 g/mol. The Bertz CT molecular complexity index is 443. The molecule has 96 valence electrons. The molecule has 0 aliphatic rings. The minimum Gasteiger partial charge on any atom is -0.384 e. The van der Waals surface area contributed by atoms with E-state index >= 15 is 0 Å². The van der Waals surface area contributed by atoms with Gasteiger partial charge < -0.3 is 10.1 Å². The van der Waals surface area contributed by atoms with Crippen molar-refractivity contribution in [3.05, 3.63) is 29.8 Å². The Morgan fingerprint density at radius 3 is 2.71 bits per heavy atom. The van der Waals surface area contributed by atoms with Gasteiger partial charge in [0, 0.05) is 19.3 Å². The molecule has 1 N–H and O–H groups in total. The first-order valence-electron chi connectivity index (χ1n) is 5.53. The van der Waals surface area contributed by atoms with Gasteiger partial charge in [-0.1, -0.05) is 12.1 Å². The van der Waals surface area contributed by atoms with Gasteiger partial charge in [-0.05, 0) is 24.6 Å². The monoisotopic (exact) mass is 257 g/mol. The summed E-state index contributed by atoms with van der Waals surface area (Å²) in [6, 6.07) is 7.86. The molecule has 0 heterocycles. The Morgan fingerprint density at radius 1 is 1.29 bits per heavy atom. The Hall–Kier alpha value is -1.07. The maximum absolute atomic E-state index is 11.5. The van der Waals surface area contributed by atoms with Gasteiger partial charge in [0.05, 0.1) is 18.1 Å². The summed E-state index contributed by atoms with van der Waals surface area (Å²) in [5.74, 6) is 0.212. The molecule has 0 aliphatic carbocycles. The van der Waals surface area contributed by atoms with Crippen LogP contribution in [-0.4, -0.2) is 40.2 Å². The number of methoxy groups -OCH3 is 1. The molecule has 0 unspecified atom stereocenters. The third-order valence-electron chi connectivity index (χ3n) is 2.36. The Kier molecular flexibility index (Phi) is 5.44. The van der Waals surface area contributed by atoms with E-state index in [4.69, 9.17) is 4.74 Å². The van der Waals surface area contributed by atoms with Crippen molar-refractivity contribution < 1.29 is 13.2 Å². The van der Waals surface area contributed by atoms with Gasteiger partial charge in [0.25, 0.3) is 0 Å². The van der Waals surface area contributed by atoms with Crippen LogP contribution >= 0.6 is 0 Å². The van der Waals surface area contributed by atoms with Crippen LogP contribution in [0.25, 0.3) is 0 Å². The summed E-state index contributed by atoms with van der Waals surface area (Å²) in [4.78, 5) is 0.